The van der Waals surface area contributed by atoms with Crippen LogP contribution in [0.25, 0.3) is 10.9 Å². The Morgan fingerprint density at radius 1 is 1.04 bits per heavy atom. The van der Waals surface area contributed by atoms with Crippen molar-refractivity contribution in [2.24, 2.45) is 0 Å². The maximum absolute atomic E-state index is 12.2. The first kappa shape index (κ1) is 19.1. The standard InChI is InChI=1S/C20H22N2O4S/c1-26-18-8-7-16-13-17(20(23)22-19(16)14-18)9-11-21-27(24,25)12-10-15-5-3-2-4-6-15/h2-8,13-14,21H,9-12H2,1H3,(H,22,23). The molecule has 142 valence electrons. The number of hydrogen-bond donors (Lipinski definition) is 2. The molecule has 1 aromatic heterocycles. The van der Waals surface area contributed by atoms with Gasteiger partial charge in [0.1, 0.15) is 5.75 Å². The third-order valence-electron chi connectivity index (χ3n) is 4.35. The molecule has 0 aliphatic carbocycles. The van der Waals surface area contributed by atoms with Crippen LogP contribution in [0.4, 0.5) is 0 Å². The van der Waals surface area contributed by atoms with Crippen LogP contribution in [0.3, 0.4) is 0 Å². The Balaban J connectivity index is 1.61. The van der Waals surface area contributed by atoms with E-state index in [0.717, 1.165) is 10.9 Å². The molecule has 0 saturated carbocycles. The summed E-state index contributed by atoms with van der Waals surface area (Å²) >= 11 is 0. The highest BCUT2D eigenvalue weighted by atomic mass is 32.2. The maximum atomic E-state index is 12.2. The summed E-state index contributed by atoms with van der Waals surface area (Å²) in [6.07, 6.45) is 0.774. The average Bonchev–Trinajstić information content (AvgIpc) is 2.67. The highest BCUT2D eigenvalue weighted by molar-refractivity contribution is 7.89. The molecule has 0 fully saturated rings. The van der Waals surface area contributed by atoms with Gasteiger partial charge in [0.2, 0.25) is 10.0 Å². The third kappa shape index (κ3) is 5.18. The fraction of sp³-hybridized carbons (Fsp3) is 0.250. The summed E-state index contributed by atoms with van der Waals surface area (Å²) in [6, 6.07) is 16.7. The van der Waals surface area contributed by atoms with Gasteiger partial charge in [-0.25, -0.2) is 13.1 Å². The molecule has 0 unspecified atom stereocenters. The third-order valence-corrected chi connectivity index (χ3v) is 5.73. The predicted octanol–water partition coefficient (Wildman–Crippen LogP) is 2.24. The molecule has 1 heterocycles. The van der Waals surface area contributed by atoms with Crippen LogP contribution in [0.15, 0.2) is 59.4 Å². The van der Waals surface area contributed by atoms with Gasteiger partial charge in [0.05, 0.1) is 18.4 Å². The summed E-state index contributed by atoms with van der Waals surface area (Å²) in [7, 11) is -1.83. The molecule has 0 saturated heterocycles. The second-order valence-corrected chi connectivity index (χ2v) is 8.20. The van der Waals surface area contributed by atoms with Gasteiger partial charge in [0, 0.05) is 18.2 Å². The molecular weight excluding hydrogens is 364 g/mol. The second kappa shape index (κ2) is 8.37. The number of ether oxygens (including phenoxy) is 1. The number of rotatable bonds is 8. The molecule has 0 radical (unpaired) electrons. The maximum Gasteiger partial charge on any atom is 0.251 e. The number of H-pyrrole nitrogens is 1. The number of aromatic nitrogens is 1. The van der Waals surface area contributed by atoms with E-state index in [1.807, 2.05) is 42.5 Å². The van der Waals surface area contributed by atoms with E-state index in [1.165, 1.54) is 0 Å². The molecule has 3 aromatic rings. The number of nitrogens with one attached hydrogen (secondary N) is 2. The first-order valence-corrected chi connectivity index (χ1v) is 10.3. The van der Waals surface area contributed by atoms with Gasteiger partial charge in [-0.3, -0.25) is 4.79 Å². The van der Waals surface area contributed by atoms with Gasteiger partial charge in [-0.1, -0.05) is 30.3 Å². The zero-order chi connectivity index (χ0) is 19.3. The fourth-order valence-electron chi connectivity index (χ4n) is 2.85. The molecule has 6 nitrogen and oxygen atoms in total. The predicted molar refractivity (Wildman–Crippen MR) is 107 cm³/mol. The number of sulfonamides is 1. The Bertz CT molecular complexity index is 1080. The number of methoxy groups -OCH3 is 1. The number of aromatic amines is 1. The van der Waals surface area contributed by atoms with Crippen molar-refractivity contribution in [3.63, 3.8) is 0 Å². The first-order chi connectivity index (χ1) is 13.0. The molecule has 7 heteroatoms. The summed E-state index contributed by atoms with van der Waals surface area (Å²) in [4.78, 5) is 15.0. The van der Waals surface area contributed by atoms with E-state index in [1.54, 1.807) is 19.2 Å². The highest BCUT2D eigenvalue weighted by Crippen LogP contribution is 2.18. The normalized spacial score (nSPS) is 11.6. The van der Waals surface area contributed by atoms with Crippen molar-refractivity contribution in [1.82, 2.24) is 9.71 Å². The molecule has 0 bridgehead atoms. The summed E-state index contributed by atoms with van der Waals surface area (Å²) in [5, 5.41) is 0.873. The Morgan fingerprint density at radius 3 is 2.56 bits per heavy atom. The summed E-state index contributed by atoms with van der Waals surface area (Å²) in [6.45, 7) is 0.182. The van der Waals surface area contributed by atoms with Gasteiger partial charge in [-0.05, 0) is 42.0 Å². The van der Waals surface area contributed by atoms with Crippen molar-refractivity contribution < 1.29 is 13.2 Å². The molecule has 2 aromatic carbocycles. The SMILES string of the molecule is COc1ccc2cc(CCNS(=O)(=O)CCc3ccccc3)c(=O)[nH]c2c1. The van der Waals surface area contributed by atoms with Gasteiger partial charge in [0.15, 0.2) is 0 Å². The molecule has 0 aliphatic heterocycles. The van der Waals surface area contributed by atoms with Crippen LogP contribution in [-0.4, -0.2) is 32.8 Å². The van der Waals surface area contributed by atoms with Crippen molar-refractivity contribution in [1.29, 1.82) is 0 Å². The number of benzene rings is 2. The lowest BCUT2D eigenvalue weighted by Crippen LogP contribution is -2.30. The van der Waals surface area contributed by atoms with Crippen LogP contribution >= 0.6 is 0 Å². The number of aryl methyl sites for hydroxylation is 1. The minimum atomic E-state index is -3.39. The van der Waals surface area contributed by atoms with E-state index in [9.17, 15) is 13.2 Å². The molecule has 0 spiro atoms. The van der Waals surface area contributed by atoms with Crippen molar-refractivity contribution in [3.05, 3.63) is 76.1 Å². The van der Waals surface area contributed by atoms with Gasteiger partial charge in [-0.15, -0.1) is 0 Å². The smallest absolute Gasteiger partial charge is 0.251 e. The zero-order valence-electron chi connectivity index (χ0n) is 15.1. The van der Waals surface area contributed by atoms with Crippen LogP contribution in [0.5, 0.6) is 5.75 Å². The number of hydrogen-bond acceptors (Lipinski definition) is 4. The molecule has 0 atom stereocenters. The highest BCUT2D eigenvalue weighted by Gasteiger charge is 2.11. The largest absolute Gasteiger partial charge is 0.497 e. The monoisotopic (exact) mass is 386 g/mol. The van der Waals surface area contributed by atoms with Crippen LogP contribution in [0.1, 0.15) is 11.1 Å². The van der Waals surface area contributed by atoms with Crippen LogP contribution < -0.4 is 15.0 Å². The average molecular weight is 386 g/mol. The Labute approximate surface area is 158 Å². The van der Waals surface area contributed by atoms with E-state index in [2.05, 4.69) is 9.71 Å². The van der Waals surface area contributed by atoms with Crippen molar-refractivity contribution >= 4 is 20.9 Å². The lowest BCUT2D eigenvalue weighted by atomic mass is 10.1. The minimum absolute atomic E-state index is 0.0187. The molecule has 0 aliphatic rings. The molecule has 27 heavy (non-hydrogen) atoms. The summed E-state index contributed by atoms with van der Waals surface area (Å²) in [5.74, 6) is 0.683. The van der Waals surface area contributed by atoms with Crippen LogP contribution in [0, 0.1) is 0 Å². The Kier molecular flexibility index (Phi) is 5.93. The van der Waals surface area contributed by atoms with E-state index >= 15 is 0 Å². The Morgan fingerprint density at radius 2 is 1.81 bits per heavy atom. The second-order valence-electron chi connectivity index (χ2n) is 6.28. The topological polar surface area (TPSA) is 88.3 Å². The van der Waals surface area contributed by atoms with Crippen molar-refractivity contribution in [2.45, 2.75) is 12.8 Å². The Hall–Kier alpha value is -2.64. The van der Waals surface area contributed by atoms with E-state index in [4.69, 9.17) is 4.74 Å². The zero-order valence-corrected chi connectivity index (χ0v) is 15.9. The number of fused-ring (bicyclic) bond motifs is 1. The van der Waals surface area contributed by atoms with Gasteiger partial charge in [0.25, 0.3) is 5.56 Å². The van der Waals surface area contributed by atoms with Crippen LogP contribution in [0.2, 0.25) is 0 Å². The van der Waals surface area contributed by atoms with Crippen molar-refractivity contribution in [2.75, 3.05) is 19.4 Å². The molecule has 2 N–H and O–H groups in total. The van der Waals surface area contributed by atoms with Gasteiger partial charge >= 0.3 is 0 Å². The number of pyridine rings is 1. The van der Waals surface area contributed by atoms with Crippen LogP contribution in [-0.2, 0) is 22.9 Å². The minimum Gasteiger partial charge on any atom is -0.497 e. The summed E-state index contributed by atoms with van der Waals surface area (Å²) in [5.41, 5.74) is 1.98. The lowest BCUT2D eigenvalue weighted by molar-refractivity contribution is 0.415. The summed E-state index contributed by atoms with van der Waals surface area (Å²) < 4.78 is 32.0. The lowest BCUT2D eigenvalue weighted by Gasteiger charge is -2.08. The molecule has 0 amide bonds. The van der Waals surface area contributed by atoms with Gasteiger partial charge in [-0.2, -0.15) is 0 Å². The molecular formula is C20H22N2O4S. The van der Waals surface area contributed by atoms with Crippen molar-refractivity contribution in [3.8, 4) is 5.75 Å². The van der Waals surface area contributed by atoms with Gasteiger partial charge < -0.3 is 9.72 Å². The quantitative estimate of drug-likeness (QED) is 0.621. The molecule has 3 rings (SSSR count). The first-order valence-electron chi connectivity index (χ1n) is 8.68. The van der Waals surface area contributed by atoms with E-state index in [-0.39, 0.29) is 17.9 Å². The van der Waals surface area contributed by atoms with E-state index < -0.39 is 10.0 Å². The fourth-order valence-corrected chi connectivity index (χ4v) is 3.91. The van der Waals surface area contributed by atoms with E-state index in [0.29, 0.717) is 29.7 Å².